The van der Waals surface area contributed by atoms with Gasteiger partial charge in [-0.05, 0) is 38.0 Å². The highest BCUT2D eigenvalue weighted by Gasteiger charge is 2.21. The number of pyridine rings is 1. The van der Waals surface area contributed by atoms with Crippen molar-refractivity contribution >= 4 is 5.82 Å². The number of piperidine rings is 1. The van der Waals surface area contributed by atoms with Gasteiger partial charge in [-0.25, -0.2) is 15.0 Å². The summed E-state index contributed by atoms with van der Waals surface area (Å²) in [6, 6.07) is 14.5. The molecular formula is C23H24N6. The minimum absolute atomic E-state index is 0.442. The molecule has 1 fully saturated rings. The topological polar surface area (TPSA) is 77.7 Å². The number of aryl methyl sites for hydroxylation is 1. The van der Waals surface area contributed by atoms with Gasteiger partial charge in [0.1, 0.15) is 11.9 Å². The third kappa shape index (κ3) is 4.58. The van der Waals surface area contributed by atoms with Gasteiger partial charge in [0.2, 0.25) is 0 Å². The van der Waals surface area contributed by atoms with Crippen LogP contribution in [0.4, 0.5) is 5.82 Å². The Kier molecular flexibility index (Phi) is 5.78. The number of anilines is 1. The molecule has 1 aliphatic rings. The second kappa shape index (κ2) is 8.80. The van der Waals surface area contributed by atoms with Crippen molar-refractivity contribution in [3.63, 3.8) is 0 Å². The Balaban J connectivity index is 1.30. The normalized spacial score (nSPS) is 14.6. The van der Waals surface area contributed by atoms with Crippen molar-refractivity contribution in [3.8, 4) is 17.5 Å². The van der Waals surface area contributed by atoms with E-state index in [2.05, 4.69) is 50.3 Å². The Hall–Kier alpha value is -3.30. The van der Waals surface area contributed by atoms with Crippen LogP contribution in [0.3, 0.4) is 0 Å². The number of nitrogens with zero attached hydrogens (tertiary/aromatic N) is 5. The van der Waals surface area contributed by atoms with E-state index < -0.39 is 0 Å². The number of hydrogen-bond donors (Lipinski definition) is 1. The van der Waals surface area contributed by atoms with Gasteiger partial charge in [-0.2, -0.15) is 5.26 Å². The van der Waals surface area contributed by atoms with Gasteiger partial charge in [0.05, 0.1) is 5.56 Å². The van der Waals surface area contributed by atoms with Crippen LogP contribution in [0.2, 0.25) is 0 Å². The van der Waals surface area contributed by atoms with E-state index >= 15 is 0 Å². The maximum Gasteiger partial charge on any atom is 0.159 e. The summed E-state index contributed by atoms with van der Waals surface area (Å²) in [5.41, 5.74) is 3.98. The van der Waals surface area contributed by atoms with Crippen LogP contribution < -0.4 is 10.2 Å². The molecule has 1 aliphatic heterocycles. The van der Waals surface area contributed by atoms with Crippen molar-refractivity contribution in [3.05, 3.63) is 71.7 Å². The molecule has 4 rings (SSSR count). The quantitative estimate of drug-likeness (QED) is 0.726. The SMILES string of the molecule is Cc1cccc(-c2ncc(CNC3CCN(c4ncccc4C#N)CC3)cn2)c1. The predicted molar refractivity (Wildman–Crippen MR) is 113 cm³/mol. The number of aromatic nitrogens is 3. The van der Waals surface area contributed by atoms with Gasteiger partial charge in [0.15, 0.2) is 5.82 Å². The zero-order chi connectivity index (χ0) is 20.1. The van der Waals surface area contributed by atoms with Crippen molar-refractivity contribution in [2.45, 2.75) is 32.4 Å². The molecule has 0 aliphatic carbocycles. The zero-order valence-corrected chi connectivity index (χ0v) is 16.5. The van der Waals surface area contributed by atoms with Crippen LogP contribution >= 0.6 is 0 Å². The first kappa shape index (κ1) is 19.0. The second-order valence-corrected chi connectivity index (χ2v) is 7.41. The molecule has 146 valence electrons. The van der Waals surface area contributed by atoms with Crippen LogP contribution in [0, 0.1) is 18.3 Å². The summed E-state index contributed by atoms with van der Waals surface area (Å²) in [6.07, 6.45) is 7.59. The summed E-state index contributed by atoms with van der Waals surface area (Å²) in [5, 5.41) is 12.9. The van der Waals surface area contributed by atoms with Crippen molar-refractivity contribution in [1.82, 2.24) is 20.3 Å². The van der Waals surface area contributed by atoms with Crippen LogP contribution in [0.15, 0.2) is 55.0 Å². The van der Waals surface area contributed by atoms with E-state index in [1.165, 1.54) is 5.56 Å². The summed E-state index contributed by atoms with van der Waals surface area (Å²) in [7, 11) is 0. The number of nitriles is 1. The van der Waals surface area contributed by atoms with Gasteiger partial charge in [-0.3, -0.25) is 0 Å². The van der Waals surface area contributed by atoms with Crippen molar-refractivity contribution < 1.29 is 0 Å². The van der Waals surface area contributed by atoms with Gasteiger partial charge in [-0.1, -0.05) is 23.8 Å². The number of nitrogens with one attached hydrogen (secondary N) is 1. The average Bonchev–Trinajstić information content (AvgIpc) is 2.78. The van der Waals surface area contributed by atoms with Gasteiger partial charge < -0.3 is 10.2 Å². The van der Waals surface area contributed by atoms with Crippen LogP contribution in [-0.4, -0.2) is 34.1 Å². The van der Waals surface area contributed by atoms with Crippen LogP contribution in [0.1, 0.15) is 29.5 Å². The molecule has 0 amide bonds. The molecule has 1 aromatic carbocycles. The zero-order valence-electron chi connectivity index (χ0n) is 16.5. The minimum atomic E-state index is 0.442. The highest BCUT2D eigenvalue weighted by molar-refractivity contribution is 5.55. The van der Waals surface area contributed by atoms with E-state index in [1.807, 2.05) is 36.7 Å². The van der Waals surface area contributed by atoms with E-state index in [-0.39, 0.29) is 0 Å². The average molecular weight is 384 g/mol. The van der Waals surface area contributed by atoms with Gasteiger partial charge in [0, 0.05) is 55.4 Å². The highest BCUT2D eigenvalue weighted by atomic mass is 15.2. The maximum absolute atomic E-state index is 9.28. The van der Waals surface area contributed by atoms with Crippen molar-refractivity contribution in [1.29, 1.82) is 5.26 Å². The summed E-state index contributed by atoms with van der Waals surface area (Å²) >= 11 is 0. The van der Waals surface area contributed by atoms with Crippen LogP contribution in [0.25, 0.3) is 11.4 Å². The summed E-state index contributed by atoms with van der Waals surface area (Å²) in [6.45, 7) is 4.62. The summed E-state index contributed by atoms with van der Waals surface area (Å²) in [5.74, 6) is 1.56. The molecule has 0 atom stereocenters. The lowest BCUT2D eigenvalue weighted by molar-refractivity contribution is 0.412. The number of hydrogen-bond acceptors (Lipinski definition) is 6. The molecule has 6 heteroatoms. The Bertz CT molecular complexity index is 1000. The molecule has 2 aromatic heterocycles. The predicted octanol–water partition coefficient (Wildman–Crippen LogP) is 3.48. The van der Waals surface area contributed by atoms with Gasteiger partial charge in [0.25, 0.3) is 0 Å². The first-order valence-corrected chi connectivity index (χ1v) is 9.94. The Morgan fingerprint density at radius 2 is 1.90 bits per heavy atom. The van der Waals surface area contributed by atoms with Crippen molar-refractivity contribution in [2.24, 2.45) is 0 Å². The molecule has 0 unspecified atom stereocenters. The highest BCUT2D eigenvalue weighted by Crippen LogP contribution is 2.21. The molecular weight excluding hydrogens is 360 g/mol. The fraction of sp³-hybridized carbons (Fsp3) is 0.304. The molecule has 0 radical (unpaired) electrons. The Morgan fingerprint density at radius 1 is 1.10 bits per heavy atom. The fourth-order valence-corrected chi connectivity index (χ4v) is 3.67. The molecule has 1 N–H and O–H groups in total. The first-order valence-electron chi connectivity index (χ1n) is 9.94. The number of rotatable bonds is 5. The van der Waals surface area contributed by atoms with Gasteiger partial charge >= 0.3 is 0 Å². The molecule has 29 heavy (non-hydrogen) atoms. The lowest BCUT2D eigenvalue weighted by Gasteiger charge is -2.33. The van der Waals surface area contributed by atoms with Crippen LogP contribution in [-0.2, 0) is 6.54 Å². The summed E-state index contributed by atoms with van der Waals surface area (Å²) < 4.78 is 0. The lowest BCUT2D eigenvalue weighted by atomic mass is 10.0. The second-order valence-electron chi connectivity index (χ2n) is 7.41. The molecule has 6 nitrogen and oxygen atoms in total. The largest absolute Gasteiger partial charge is 0.355 e. The lowest BCUT2D eigenvalue weighted by Crippen LogP contribution is -2.42. The first-order chi connectivity index (χ1) is 14.2. The maximum atomic E-state index is 9.28. The van der Waals surface area contributed by atoms with E-state index in [0.29, 0.717) is 11.6 Å². The Morgan fingerprint density at radius 3 is 2.62 bits per heavy atom. The molecule has 3 heterocycles. The molecule has 0 saturated carbocycles. The molecule has 0 spiro atoms. The van der Waals surface area contributed by atoms with Gasteiger partial charge in [-0.15, -0.1) is 0 Å². The summed E-state index contributed by atoms with van der Waals surface area (Å²) in [4.78, 5) is 15.7. The molecule has 0 bridgehead atoms. The third-order valence-corrected chi connectivity index (χ3v) is 5.28. The van der Waals surface area contributed by atoms with Crippen LogP contribution in [0.5, 0.6) is 0 Å². The number of benzene rings is 1. The molecule has 1 saturated heterocycles. The molecule has 3 aromatic rings. The van der Waals surface area contributed by atoms with Crippen molar-refractivity contribution in [2.75, 3.05) is 18.0 Å². The smallest absolute Gasteiger partial charge is 0.159 e. The van der Waals surface area contributed by atoms with E-state index in [0.717, 1.165) is 55.2 Å². The fourth-order valence-electron chi connectivity index (χ4n) is 3.67. The monoisotopic (exact) mass is 384 g/mol. The minimum Gasteiger partial charge on any atom is -0.355 e. The van der Waals surface area contributed by atoms with E-state index in [1.54, 1.807) is 6.20 Å². The third-order valence-electron chi connectivity index (χ3n) is 5.28. The Labute approximate surface area is 171 Å². The standard InChI is InChI=1S/C23H24N6/c1-17-4-2-5-19(12-17)22-27-15-18(16-28-22)14-26-21-7-10-29(11-8-21)23-20(13-24)6-3-9-25-23/h2-6,9,12,15-16,21,26H,7-8,10-11,14H2,1H3. The van der Waals surface area contributed by atoms with E-state index in [4.69, 9.17) is 0 Å². The van der Waals surface area contributed by atoms with E-state index in [9.17, 15) is 5.26 Å².